The average Bonchev–Trinajstić information content (AvgIpc) is 2.95. The van der Waals surface area contributed by atoms with Gasteiger partial charge in [-0.2, -0.15) is 0 Å². The molecule has 0 radical (unpaired) electrons. The van der Waals surface area contributed by atoms with Crippen molar-refractivity contribution in [2.75, 3.05) is 32.7 Å². The maximum Gasteiger partial charge on any atom is 0.166 e. The number of rotatable bonds is 4. The minimum atomic E-state index is 0.0883. The lowest BCUT2D eigenvalue weighted by Crippen LogP contribution is -2.51. The average molecular weight is 272 g/mol. The van der Waals surface area contributed by atoms with Crippen molar-refractivity contribution in [3.8, 4) is 0 Å². The van der Waals surface area contributed by atoms with E-state index in [4.69, 9.17) is 0 Å². The van der Waals surface area contributed by atoms with Crippen LogP contribution in [0, 0.1) is 5.92 Å². The fraction of sp³-hybridized carbons (Fsp3) is 0.588. The highest BCUT2D eigenvalue weighted by molar-refractivity contribution is 5.97. The minimum Gasteiger partial charge on any atom is -0.300 e. The van der Waals surface area contributed by atoms with Crippen LogP contribution in [-0.2, 0) is 0 Å². The molecule has 3 nitrogen and oxygen atoms in total. The molecule has 0 aliphatic carbocycles. The summed E-state index contributed by atoms with van der Waals surface area (Å²) in [7, 11) is 0. The van der Waals surface area contributed by atoms with Crippen LogP contribution in [0.3, 0.4) is 0 Å². The van der Waals surface area contributed by atoms with Gasteiger partial charge in [-0.3, -0.25) is 14.6 Å². The molecule has 0 amide bonds. The Morgan fingerprint density at radius 1 is 1.25 bits per heavy atom. The Balaban J connectivity index is 1.56. The lowest BCUT2D eigenvalue weighted by molar-refractivity contribution is 0.0763. The first-order chi connectivity index (χ1) is 9.74. The van der Waals surface area contributed by atoms with Gasteiger partial charge in [-0.25, -0.2) is 0 Å². The van der Waals surface area contributed by atoms with Crippen molar-refractivity contribution in [1.29, 1.82) is 0 Å². The summed E-state index contributed by atoms with van der Waals surface area (Å²) in [6.07, 6.45) is 2.68. The van der Waals surface area contributed by atoms with Crippen molar-refractivity contribution in [2.24, 2.45) is 5.92 Å². The number of carbonyl (C=O) groups excluding carboxylic acids is 1. The van der Waals surface area contributed by atoms with Crippen molar-refractivity contribution in [3.63, 3.8) is 0 Å². The Bertz CT molecular complexity index is 459. The van der Waals surface area contributed by atoms with Gasteiger partial charge in [0.2, 0.25) is 0 Å². The molecule has 3 rings (SSSR count). The Labute approximate surface area is 121 Å². The molecule has 2 fully saturated rings. The number of nitrogens with zero attached hydrogens (tertiary/aromatic N) is 2. The molecule has 1 aromatic carbocycles. The van der Waals surface area contributed by atoms with Gasteiger partial charge in [0.15, 0.2) is 5.78 Å². The highest BCUT2D eigenvalue weighted by Gasteiger charge is 2.31. The Morgan fingerprint density at radius 2 is 2.05 bits per heavy atom. The molecule has 2 saturated heterocycles. The van der Waals surface area contributed by atoms with Gasteiger partial charge >= 0.3 is 0 Å². The van der Waals surface area contributed by atoms with E-state index in [2.05, 4.69) is 16.7 Å². The van der Waals surface area contributed by atoms with Gasteiger partial charge in [0, 0.05) is 43.7 Å². The molecule has 2 atom stereocenters. The van der Waals surface area contributed by atoms with E-state index in [0.29, 0.717) is 0 Å². The molecule has 2 aliphatic rings. The molecule has 1 aromatic rings. The molecule has 2 aliphatic heterocycles. The van der Waals surface area contributed by atoms with E-state index in [1.165, 1.54) is 25.9 Å². The standard InChI is InChI=1S/C17H24N2O/c1-14(17(20)15-6-3-2-4-7-15)12-18-10-11-19-9-5-8-16(19)13-18/h2-4,6-7,14,16H,5,8-13H2,1H3. The summed E-state index contributed by atoms with van der Waals surface area (Å²) in [4.78, 5) is 17.5. The third-order valence-electron chi connectivity index (χ3n) is 4.71. The molecule has 0 N–H and O–H groups in total. The van der Waals surface area contributed by atoms with E-state index in [1.807, 2.05) is 30.3 Å². The van der Waals surface area contributed by atoms with Gasteiger partial charge < -0.3 is 0 Å². The van der Waals surface area contributed by atoms with E-state index >= 15 is 0 Å². The third kappa shape index (κ3) is 2.94. The van der Waals surface area contributed by atoms with Crippen molar-refractivity contribution in [2.45, 2.75) is 25.8 Å². The lowest BCUT2D eigenvalue weighted by Gasteiger charge is -2.38. The van der Waals surface area contributed by atoms with E-state index < -0.39 is 0 Å². The first-order valence-corrected chi connectivity index (χ1v) is 7.79. The molecule has 0 aromatic heterocycles. The molecular formula is C17H24N2O. The Kier molecular flexibility index (Phi) is 4.18. The topological polar surface area (TPSA) is 23.6 Å². The second-order valence-electron chi connectivity index (χ2n) is 6.22. The zero-order chi connectivity index (χ0) is 13.9. The number of carbonyl (C=O) groups is 1. The van der Waals surface area contributed by atoms with Crippen LogP contribution < -0.4 is 0 Å². The van der Waals surface area contributed by atoms with E-state index in [9.17, 15) is 4.79 Å². The summed E-state index contributed by atoms with van der Waals surface area (Å²) in [5, 5.41) is 0. The number of benzene rings is 1. The van der Waals surface area contributed by atoms with Gasteiger partial charge in [0.05, 0.1) is 0 Å². The number of fused-ring (bicyclic) bond motifs is 1. The van der Waals surface area contributed by atoms with E-state index in [0.717, 1.165) is 31.2 Å². The highest BCUT2D eigenvalue weighted by atomic mass is 16.1. The van der Waals surface area contributed by atoms with Crippen LogP contribution in [0.25, 0.3) is 0 Å². The monoisotopic (exact) mass is 272 g/mol. The molecule has 2 heterocycles. The maximum atomic E-state index is 12.4. The van der Waals surface area contributed by atoms with Crippen LogP contribution in [-0.4, -0.2) is 54.3 Å². The maximum absolute atomic E-state index is 12.4. The minimum absolute atomic E-state index is 0.0883. The summed E-state index contributed by atoms with van der Waals surface area (Å²) < 4.78 is 0. The molecular weight excluding hydrogens is 248 g/mol. The quantitative estimate of drug-likeness (QED) is 0.786. The molecule has 0 bridgehead atoms. The zero-order valence-electron chi connectivity index (χ0n) is 12.3. The van der Waals surface area contributed by atoms with Crippen LogP contribution in [0.15, 0.2) is 30.3 Å². The normalized spacial score (nSPS) is 25.4. The van der Waals surface area contributed by atoms with E-state index in [1.54, 1.807) is 0 Å². The van der Waals surface area contributed by atoms with Crippen molar-refractivity contribution in [3.05, 3.63) is 35.9 Å². The molecule has 0 saturated carbocycles. The summed E-state index contributed by atoms with van der Waals surface area (Å²) in [5.74, 6) is 0.366. The smallest absolute Gasteiger partial charge is 0.166 e. The van der Waals surface area contributed by atoms with Crippen LogP contribution in [0.4, 0.5) is 0 Å². The number of Topliss-reactive ketones (excluding diaryl/α,β-unsaturated/α-hetero) is 1. The van der Waals surface area contributed by atoms with Crippen molar-refractivity contribution < 1.29 is 4.79 Å². The van der Waals surface area contributed by atoms with Crippen LogP contribution in [0.2, 0.25) is 0 Å². The molecule has 0 spiro atoms. The summed E-state index contributed by atoms with van der Waals surface area (Å²) in [5.41, 5.74) is 0.847. The van der Waals surface area contributed by atoms with Gasteiger partial charge in [0.1, 0.15) is 0 Å². The van der Waals surface area contributed by atoms with Crippen LogP contribution in [0.1, 0.15) is 30.1 Å². The molecule has 2 unspecified atom stereocenters. The van der Waals surface area contributed by atoms with Gasteiger partial charge in [-0.05, 0) is 19.4 Å². The first kappa shape index (κ1) is 13.8. The second-order valence-corrected chi connectivity index (χ2v) is 6.22. The lowest BCUT2D eigenvalue weighted by atomic mass is 9.98. The number of hydrogen-bond donors (Lipinski definition) is 0. The fourth-order valence-electron chi connectivity index (χ4n) is 3.58. The molecule has 108 valence electrons. The Hall–Kier alpha value is -1.19. The number of hydrogen-bond acceptors (Lipinski definition) is 3. The predicted octanol–water partition coefficient (Wildman–Crippen LogP) is 2.29. The third-order valence-corrected chi connectivity index (χ3v) is 4.71. The number of ketones is 1. The predicted molar refractivity (Wildman–Crippen MR) is 81.0 cm³/mol. The van der Waals surface area contributed by atoms with Crippen molar-refractivity contribution >= 4 is 5.78 Å². The number of piperazine rings is 1. The molecule has 20 heavy (non-hydrogen) atoms. The SMILES string of the molecule is CC(CN1CCN2CCCC2C1)C(=O)c1ccccc1. The van der Waals surface area contributed by atoms with Crippen LogP contribution in [0.5, 0.6) is 0 Å². The highest BCUT2D eigenvalue weighted by Crippen LogP contribution is 2.22. The van der Waals surface area contributed by atoms with Gasteiger partial charge in [-0.15, -0.1) is 0 Å². The summed E-state index contributed by atoms with van der Waals surface area (Å²) in [6, 6.07) is 10.4. The largest absolute Gasteiger partial charge is 0.300 e. The summed E-state index contributed by atoms with van der Waals surface area (Å²) >= 11 is 0. The summed E-state index contributed by atoms with van der Waals surface area (Å²) in [6.45, 7) is 7.68. The van der Waals surface area contributed by atoms with Gasteiger partial charge in [-0.1, -0.05) is 37.3 Å². The fourth-order valence-corrected chi connectivity index (χ4v) is 3.58. The Morgan fingerprint density at radius 3 is 2.85 bits per heavy atom. The van der Waals surface area contributed by atoms with Crippen LogP contribution >= 0.6 is 0 Å². The van der Waals surface area contributed by atoms with E-state index in [-0.39, 0.29) is 11.7 Å². The second kappa shape index (κ2) is 6.06. The van der Waals surface area contributed by atoms with Crippen molar-refractivity contribution in [1.82, 2.24) is 9.80 Å². The zero-order valence-corrected chi connectivity index (χ0v) is 12.3. The first-order valence-electron chi connectivity index (χ1n) is 7.79. The van der Waals surface area contributed by atoms with Gasteiger partial charge in [0.25, 0.3) is 0 Å². The molecule has 3 heteroatoms.